The normalized spacial score (nSPS) is 13.1. The quantitative estimate of drug-likeness (QED) is 0.708. The molecule has 86 valence electrons. The van der Waals surface area contributed by atoms with Gasteiger partial charge in [0.05, 0.1) is 14.2 Å². The first-order valence-corrected chi connectivity index (χ1v) is 4.82. The van der Waals surface area contributed by atoms with Crippen LogP contribution in [0, 0.1) is 0 Å². The standard InChI is InChI=1S/C11H12O5/c1-13-7-5-8(11(12)14-2)10-9(6-7)15-3-4-16-10/h5-6H,3-4H2,1-2H3. The maximum absolute atomic E-state index is 11.5. The number of rotatable bonds is 2. The van der Waals surface area contributed by atoms with Crippen LogP contribution in [0.1, 0.15) is 10.4 Å². The molecule has 0 unspecified atom stereocenters. The molecule has 1 aromatic rings. The molecule has 0 aliphatic carbocycles. The lowest BCUT2D eigenvalue weighted by atomic mass is 10.1. The summed E-state index contributed by atoms with van der Waals surface area (Å²) < 4.78 is 20.5. The maximum Gasteiger partial charge on any atom is 0.341 e. The summed E-state index contributed by atoms with van der Waals surface area (Å²) in [4.78, 5) is 11.5. The number of methoxy groups -OCH3 is 2. The van der Waals surface area contributed by atoms with Crippen molar-refractivity contribution in [1.82, 2.24) is 0 Å². The highest BCUT2D eigenvalue weighted by molar-refractivity contribution is 5.94. The Balaban J connectivity index is 2.51. The van der Waals surface area contributed by atoms with Crippen molar-refractivity contribution in [1.29, 1.82) is 0 Å². The van der Waals surface area contributed by atoms with Gasteiger partial charge in [0.15, 0.2) is 11.5 Å². The van der Waals surface area contributed by atoms with Gasteiger partial charge in [-0.3, -0.25) is 0 Å². The van der Waals surface area contributed by atoms with Crippen molar-refractivity contribution in [2.45, 2.75) is 0 Å². The molecule has 0 spiro atoms. The van der Waals surface area contributed by atoms with Gasteiger partial charge in [-0.2, -0.15) is 0 Å². The predicted molar refractivity (Wildman–Crippen MR) is 55.3 cm³/mol. The minimum atomic E-state index is -0.472. The lowest BCUT2D eigenvalue weighted by molar-refractivity contribution is 0.0590. The Labute approximate surface area is 92.9 Å². The van der Waals surface area contributed by atoms with E-state index >= 15 is 0 Å². The van der Waals surface area contributed by atoms with Gasteiger partial charge >= 0.3 is 5.97 Å². The average Bonchev–Trinajstić information content (AvgIpc) is 2.36. The van der Waals surface area contributed by atoms with Gasteiger partial charge in [0.1, 0.15) is 24.5 Å². The summed E-state index contributed by atoms with van der Waals surface area (Å²) in [6.45, 7) is 0.879. The number of ether oxygens (including phenoxy) is 4. The van der Waals surface area contributed by atoms with E-state index in [0.717, 1.165) is 0 Å². The zero-order valence-electron chi connectivity index (χ0n) is 9.11. The summed E-state index contributed by atoms with van der Waals surface area (Å²) in [7, 11) is 2.84. The third-order valence-electron chi connectivity index (χ3n) is 2.26. The van der Waals surface area contributed by atoms with Crippen LogP contribution in [0.15, 0.2) is 12.1 Å². The second-order valence-electron chi connectivity index (χ2n) is 3.19. The average molecular weight is 224 g/mol. The van der Waals surface area contributed by atoms with E-state index in [1.807, 2.05) is 0 Å². The van der Waals surface area contributed by atoms with E-state index in [1.54, 1.807) is 12.1 Å². The zero-order chi connectivity index (χ0) is 11.5. The molecule has 1 aliphatic heterocycles. The van der Waals surface area contributed by atoms with Gasteiger partial charge < -0.3 is 18.9 Å². The number of fused-ring (bicyclic) bond motifs is 1. The van der Waals surface area contributed by atoms with E-state index in [-0.39, 0.29) is 0 Å². The van der Waals surface area contributed by atoms with Gasteiger partial charge in [0.2, 0.25) is 0 Å². The van der Waals surface area contributed by atoms with Crippen molar-refractivity contribution < 1.29 is 23.7 Å². The molecule has 2 rings (SSSR count). The minimum Gasteiger partial charge on any atom is -0.497 e. The second-order valence-corrected chi connectivity index (χ2v) is 3.19. The van der Waals surface area contributed by atoms with E-state index in [9.17, 15) is 4.79 Å². The number of carbonyl (C=O) groups is 1. The highest BCUT2D eigenvalue weighted by Crippen LogP contribution is 2.38. The van der Waals surface area contributed by atoms with E-state index in [2.05, 4.69) is 4.74 Å². The van der Waals surface area contributed by atoms with Crippen LogP contribution in [0.5, 0.6) is 17.2 Å². The van der Waals surface area contributed by atoms with Crippen molar-refractivity contribution in [2.24, 2.45) is 0 Å². The lowest BCUT2D eigenvalue weighted by Gasteiger charge is -2.21. The van der Waals surface area contributed by atoms with Crippen LogP contribution in [0.2, 0.25) is 0 Å². The highest BCUT2D eigenvalue weighted by Gasteiger charge is 2.22. The molecule has 0 bridgehead atoms. The van der Waals surface area contributed by atoms with Crippen LogP contribution in [-0.2, 0) is 4.74 Å². The van der Waals surface area contributed by atoms with Crippen molar-refractivity contribution in [3.63, 3.8) is 0 Å². The first kappa shape index (κ1) is 10.6. The Bertz CT molecular complexity index is 413. The maximum atomic E-state index is 11.5. The molecule has 5 heteroatoms. The van der Waals surface area contributed by atoms with Gasteiger partial charge in [-0.15, -0.1) is 0 Å². The van der Waals surface area contributed by atoms with Crippen LogP contribution in [0.3, 0.4) is 0 Å². The molecule has 0 saturated heterocycles. The van der Waals surface area contributed by atoms with Crippen LogP contribution >= 0.6 is 0 Å². The molecule has 5 nitrogen and oxygen atoms in total. The van der Waals surface area contributed by atoms with Gasteiger partial charge in [-0.25, -0.2) is 4.79 Å². The summed E-state index contributed by atoms with van der Waals surface area (Å²) in [5.41, 5.74) is 0.316. The summed E-state index contributed by atoms with van der Waals surface area (Å²) in [6.07, 6.45) is 0. The Kier molecular flexibility index (Phi) is 2.85. The molecule has 0 radical (unpaired) electrons. The molecule has 0 N–H and O–H groups in total. The molecule has 0 saturated carbocycles. The van der Waals surface area contributed by atoms with Crippen molar-refractivity contribution in [2.75, 3.05) is 27.4 Å². The Hall–Kier alpha value is -1.91. The number of carbonyl (C=O) groups excluding carboxylic acids is 1. The number of benzene rings is 1. The topological polar surface area (TPSA) is 54.0 Å². The Morgan fingerprint density at radius 2 is 2.00 bits per heavy atom. The summed E-state index contributed by atoms with van der Waals surface area (Å²) in [5, 5.41) is 0. The number of esters is 1. The largest absolute Gasteiger partial charge is 0.497 e. The molecule has 16 heavy (non-hydrogen) atoms. The molecule has 0 amide bonds. The van der Waals surface area contributed by atoms with E-state index in [0.29, 0.717) is 36.0 Å². The first-order chi connectivity index (χ1) is 7.76. The third kappa shape index (κ3) is 1.76. The number of hydrogen-bond donors (Lipinski definition) is 0. The molecule has 0 aromatic heterocycles. The predicted octanol–water partition coefficient (Wildman–Crippen LogP) is 1.25. The SMILES string of the molecule is COC(=O)c1cc(OC)cc2c1OCCO2. The minimum absolute atomic E-state index is 0.316. The zero-order valence-corrected chi connectivity index (χ0v) is 9.11. The fourth-order valence-corrected chi connectivity index (χ4v) is 1.51. The monoisotopic (exact) mass is 224 g/mol. The van der Waals surface area contributed by atoms with Crippen LogP contribution in [-0.4, -0.2) is 33.4 Å². The fraction of sp³-hybridized carbons (Fsp3) is 0.364. The van der Waals surface area contributed by atoms with Crippen molar-refractivity contribution in [3.8, 4) is 17.2 Å². The fourth-order valence-electron chi connectivity index (χ4n) is 1.51. The lowest BCUT2D eigenvalue weighted by Crippen LogP contribution is -2.18. The molecule has 1 heterocycles. The second kappa shape index (κ2) is 4.30. The molecule has 1 aromatic carbocycles. The van der Waals surface area contributed by atoms with Crippen LogP contribution in [0.25, 0.3) is 0 Å². The van der Waals surface area contributed by atoms with E-state index in [1.165, 1.54) is 14.2 Å². The van der Waals surface area contributed by atoms with Gasteiger partial charge in [0.25, 0.3) is 0 Å². The molecule has 0 fully saturated rings. The third-order valence-corrected chi connectivity index (χ3v) is 2.26. The molecule has 0 atom stereocenters. The summed E-state index contributed by atoms with van der Waals surface area (Å²) in [5.74, 6) is 0.982. The van der Waals surface area contributed by atoms with Crippen LogP contribution < -0.4 is 14.2 Å². The van der Waals surface area contributed by atoms with Crippen LogP contribution in [0.4, 0.5) is 0 Å². The Morgan fingerprint density at radius 3 is 2.69 bits per heavy atom. The summed E-state index contributed by atoms with van der Waals surface area (Å²) in [6, 6.07) is 3.25. The van der Waals surface area contributed by atoms with Crippen molar-refractivity contribution in [3.05, 3.63) is 17.7 Å². The van der Waals surface area contributed by atoms with E-state index in [4.69, 9.17) is 14.2 Å². The molecular formula is C11H12O5. The summed E-state index contributed by atoms with van der Waals surface area (Å²) >= 11 is 0. The molecular weight excluding hydrogens is 212 g/mol. The van der Waals surface area contributed by atoms with Gasteiger partial charge in [0, 0.05) is 6.07 Å². The smallest absolute Gasteiger partial charge is 0.341 e. The number of hydrogen-bond acceptors (Lipinski definition) is 5. The highest BCUT2D eigenvalue weighted by atomic mass is 16.6. The van der Waals surface area contributed by atoms with Gasteiger partial charge in [-0.05, 0) is 6.07 Å². The first-order valence-electron chi connectivity index (χ1n) is 4.82. The Morgan fingerprint density at radius 1 is 1.25 bits per heavy atom. The van der Waals surface area contributed by atoms with E-state index < -0.39 is 5.97 Å². The van der Waals surface area contributed by atoms with Gasteiger partial charge in [-0.1, -0.05) is 0 Å². The molecule has 1 aliphatic rings. The van der Waals surface area contributed by atoms with Crippen molar-refractivity contribution >= 4 is 5.97 Å².